The molecule has 1 nitrogen and oxygen atoms in total. The van der Waals surface area contributed by atoms with E-state index in [4.69, 9.17) is 11.6 Å². The molecule has 2 saturated carbocycles. The topological polar surface area (TPSA) is 17.1 Å². The number of halogens is 1. The highest BCUT2D eigenvalue weighted by atomic mass is 35.5. The lowest BCUT2D eigenvalue weighted by molar-refractivity contribution is -0.112. The van der Waals surface area contributed by atoms with Crippen LogP contribution in [0.15, 0.2) is 30.3 Å². The Kier molecular flexibility index (Phi) is 3.21. The number of hydrogen-bond acceptors (Lipinski definition) is 1. The summed E-state index contributed by atoms with van der Waals surface area (Å²) in [5.74, 6) is 1.45. The fourth-order valence-electron chi connectivity index (χ4n) is 4.63. The van der Waals surface area contributed by atoms with E-state index in [1.807, 2.05) is 0 Å². The third-order valence-electron chi connectivity index (χ3n) is 5.29. The van der Waals surface area contributed by atoms with Gasteiger partial charge in [0.2, 0.25) is 0 Å². The van der Waals surface area contributed by atoms with Gasteiger partial charge in [-0.3, -0.25) is 0 Å². The maximum absolute atomic E-state index is 11.4. The van der Waals surface area contributed by atoms with Gasteiger partial charge in [0.15, 0.2) is 0 Å². The molecule has 102 valence electrons. The largest absolute Gasteiger partial charge is 0.303 e. The average molecular weight is 277 g/mol. The molecule has 2 fully saturated rings. The molecule has 4 unspecified atom stereocenters. The fraction of sp³-hybridized carbons (Fsp3) is 0.588. The Bertz CT molecular complexity index is 471. The molecule has 0 amide bonds. The highest BCUT2D eigenvalue weighted by Gasteiger charge is 2.54. The van der Waals surface area contributed by atoms with Crippen LogP contribution in [0, 0.1) is 17.3 Å². The van der Waals surface area contributed by atoms with E-state index < -0.39 is 0 Å². The van der Waals surface area contributed by atoms with Gasteiger partial charge in [-0.25, -0.2) is 0 Å². The summed E-state index contributed by atoms with van der Waals surface area (Å²) in [5, 5.41) is 0. The van der Waals surface area contributed by atoms with Crippen molar-refractivity contribution in [3.8, 4) is 0 Å². The maximum atomic E-state index is 11.4. The number of rotatable bonds is 3. The molecular weight excluding hydrogens is 256 g/mol. The molecule has 0 spiro atoms. The summed E-state index contributed by atoms with van der Waals surface area (Å²) in [7, 11) is 0. The van der Waals surface area contributed by atoms with Crippen molar-refractivity contribution in [3.63, 3.8) is 0 Å². The van der Waals surface area contributed by atoms with Crippen LogP contribution in [0.25, 0.3) is 0 Å². The van der Waals surface area contributed by atoms with E-state index in [0.717, 1.165) is 25.7 Å². The van der Waals surface area contributed by atoms with Crippen molar-refractivity contribution in [2.24, 2.45) is 17.3 Å². The first-order chi connectivity index (χ1) is 9.11. The van der Waals surface area contributed by atoms with Gasteiger partial charge in [0, 0.05) is 11.8 Å². The molecule has 0 radical (unpaired) electrons. The molecule has 0 saturated heterocycles. The van der Waals surface area contributed by atoms with Gasteiger partial charge >= 0.3 is 0 Å². The lowest BCUT2D eigenvalue weighted by atomic mass is 9.61. The van der Waals surface area contributed by atoms with Crippen molar-refractivity contribution in [3.05, 3.63) is 35.9 Å². The number of alkyl halides is 1. The predicted molar refractivity (Wildman–Crippen MR) is 78.5 cm³/mol. The smallest absolute Gasteiger partial charge is 0.123 e. The molecule has 0 aromatic heterocycles. The van der Waals surface area contributed by atoms with Crippen LogP contribution in [-0.2, 0) is 10.2 Å². The third kappa shape index (κ3) is 2.12. The molecule has 0 N–H and O–H groups in total. The highest BCUT2D eigenvalue weighted by Crippen LogP contribution is 2.60. The number of fused-ring (bicyclic) bond motifs is 2. The average Bonchev–Trinajstić information content (AvgIpc) is 2.72. The first kappa shape index (κ1) is 13.2. The van der Waals surface area contributed by atoms with Crippen molar-refractivity contribution in [2.75, 3.05) is 5.88 Å². The molecule has 2 aliphatic carbocycles. The minimum Gasteiger partial charge on any atom is -0.303 e. The van der Waals surface area contributed by atoms with Crippen LogP contribution in [0.3, 0.4) is 0 Å². The summed E-state index contributed by atoms with van der Waals surface area (Å²) in [5.41, 5.74) is 1.76. The predicted octanol–water partition coefficient (Wildman–Crippen LogP) is 4.19. The Morgan fingerprint density at radius 1 is 1.26 bits per heavy atom. The van der Waals surface area contributed by atoms with Crippen LogP contribution < -0.4 is 0 Å². The van der Waals surface area contributed by atoms with Crippen molar-refractivity contribution < 1.29 is 4.79 Å². The van der Waals surface area contributed by atoms with Gasteiger partial charge in [-0.1, -0.05) is 37.3 Å². The molecule has 0 aliphatic heterocycles. The first-order valence-corrected chi connectivity index (χ1v) is 7.71. The molecule has 2 bridgehead atoms. The summed E-state index contributed by atoms with van der Waals surface area (Å²) in [4.78, 5) is 11.4. The fourth-order valence-corrected chi connectivity index (χ4v) is 4.84. The Labute approximate surface area is 120 Å². The molecule has 1 aromatic rings. The van der Waals surface area contributed by atoms with E-state index >= 15 is 0 Å². The zero-order valence-corrected chi connectivity index (χ0v) is 12.2. The van der Waals surface area contributed by atoms with E-state index in [1.54, 1.807) is 0 Å². The Hall–Kier alpha value is -0.820. The first-order valence-electron chi connectivity index (χ1n) is 7.18. The van der Waals surface area contributed by atoms with Crippen LogP contribution in [0.2, 0.25) is 0 Å². The molecule has 1 aromatic carbocycles. The van der Waals surface area contributed by atoms with Gasteiger partial charge in [0.1, 0.15) is 6.29 Å². The van der Waals surface area contributed by atoms with Crippen LogP contribution in [0.1, 0.15) is 38.2 Å². The number of hydrogen-bond donors (Lipinski definition) is 0. The zero-order valence-electron chi connectivity index (χ0n) is 11.4. The van der Waals surface area contributed by atoms with Crippen molar-refractivity contribution >= 4 is 17.9 Å². The molecule has 4 atom stereocenters. The van der Waals surface area contributed by atoms with E-state index in [2.05, 4.69) is 37.3 Å². The normalized spacial score (nSPS) is 41.2. The van der Waals surface area contributed by atoms with E-state index in [0.29, 0.717) is 11.8 Å². The van der Waals surface area contributed by atoms with Crippen molar-refractivity contribution in [2.45, 2.75) is 38.0 Å². The Balaban J connectivity index is 2.02. The van der Waals surface area contributed by atoms with Gasteiger partial charge in [-0.05, 0) is 48.0 Å². The summed E-state index contributed by atoms with van der Waals surface area (Å²) < 4.78 is 0. The molecule has 2 aliphatic rings. The molecular formula is C17H21ClO. The van der Waals surface area contributed by atoms with Gasteiger partial charge < -0.3 is 4.79 Å². The van der Waals surface area contributed by atoms with Gasteiger partial charge in [-0.15, -0.1) is 11.6 Å². The van der Waals surface area contributed by atoms with Gasteiger partial charge in [0.05, 0.1) is 0 Å². The third-order valence-corrected chi connectivity index (χ3v) is 5.93. The maximum Gasteiger partial charge on any atom is 0.123 e. The van der Waals surface area contributed by atoms with Gasteiger partial charge in [0.25, 0.3) is 0 Å². The summed E-state index contributed by atoms with van der Waals surface area (Å²) in [6.45, 7) is 2.29. The highest BCUT2D eigenvalue weighted by molar-refractivity contribution is 6.18. The van der Waals surface area contributed by atoms with E-state index in [1.165, 1.54) is 11.8 Å². The van der Waals surface area contributed by atoms with Crippen LogP contribution in [-0.4, -0.2) is 12.2 Å². The number of carbonyl (C=O) groups is 1. The lowest BCUT2D eigenvalue weighted by Crippen LogP contribution is -2.37. The molecule has 0 heterocycles. The zero-order chi connectivity index (χ0) is 13.5. The minimum atomic E-state index is 0.179. The van der Waals surface area contributed by atoms with Crippen molar-refractivity contribution in [1.29, 1.82) is 0 Å². The van der Waals surface area contributed by atoms with Gasteiger partial charge in [-0.2, -0.15) is 0 Å². The summed E-state index contributed by atoms with van der Waals surface area (Å²) >= 11 is 6.23. The Morgan fingerprint density at radius 2 is 2.00 bits per heavy atom. The monoisotopic (exact) mass is 276 g/mol. The van der Waals surface area contributed by atoms with E-state index in [-0.39, 0.29) is 16.7 Å². The van der Waals surface area contributed by atoms with Crippen molar-refractivity contribution in [1.82, 2.24) is 0 Å². The number of carbonyl (C=O) groups excluding carboxylic acids is 1. The number of aldehydes is 1. The van der Waals surface area contributed by atoms with E-state index in [9.17, 15) is 4.79 Å². The second-order valence-electron chi connectivity index (χ2n) is 6.94. The molecule has 2 heteroatoms. The molecule has 3 rings (SSSR count). The second kappa shape index (κ2) is 4.63. The summed E-state index contributed by atoms with van der Waals surface area (Å²) in [6.07, 6.45) is 5.59. The molecule has 19 heavy (non-hydrogen) atoms. The quantitative estimate of drug-likeness (QED) is 0.598. The number of benzene rings is 1. The Morgan fingerprint density at radius 3 is 2.63 bits per heavy atom. The standard InChI is InChI=1S/C17H21ClO/c1-16(12-18)7-13-8-17(11-16,9-14(13)10-19)15-5-3-2-4-6-15/h2-6,10,13-14H,7-9,11-12H2,1H3. The SMILES string of the molecule is CC1(CCl)CC2CC(c3ccccc3)(CC2C=O)C1. The summed E-state index contributed by atoms with van der Waals surface area (Å²) in [6, 6.07) is 10.7. The minimum absolute atomic E-state index is 0.179. The lowest BCUT2D eigenvalue weighted by Gasteiger charge is -2.44. The van der Waals surface area contributed by atoms with Crippen LogP contribution in [0.4, 0.5) is 0 Å². The van der Waals surface area contributed by atoms with Crippen LogP contribution >= 0.6 is 11.6 Å². The second-order valence-corrected chi connectivity index (χ2v) is 7.21. The van der Waals surface area contributed by atoms with Crippen LogP contribution in [0.5, 0.6) is 0 Å².